The molecule has 1 aromatic heterocycles. The van der Waals surface area contributed by atoms with Gasteiger partial charge in [0.2, 0.25) is 0 Å². The Morgan fingerprint density at radius 1 is 1.44 bits per heavy atom. The van der Waals surface area contributed by atoms with Crippen molar-refractivity contribution in [2.75, 3.05) is 6.54 Å². The highest BCUT2D eigenvalue weighted by atomic mass is 16.5. The quantitative estimate of drug-likeness (QED) is 0.843. The summed E-state index contributed by atoms with van der Waals surface area (Å²) in [5, 5.41) is 7.75. The van der Waals surface area contributed by atoms with E-state index in [0.717, 1.165) is 31.6 Å². The van der Waals surface area contributed by atoms with Crippen LogP contribution in [0.4, 0.5) is 0 Å². The van der Waals surface area contributed by atoms with Crippen molar-refractivity contribution in [1.82, 2.24) is 15.1 Å². The molecule has 4 nitrogen and oxygen atoms in total. The largest absolute Gasteiger partial charge is 0.486 e. The summed E-state index contributed by atoms with van der Waals surface area (Å²) in [4.78, 5) is 0. The third kappa shape index (κ3) is 2.14. The molecule has 0 amide bonds. The average Bonchev–Trinajstić information content (AvgIpc) is 2.75. The van der Waals surface area contributed by atoms with E-state index in [1.807, 2.05) is 13.2 Å². The van der Waals surface area contributed by atoms with Gasteiger partial charge in [-0.1, -0.05) is 20.8 Å². The fraction of sp³-hybridized carbons (Fsp3) is 0.786. The molecular formula is C14H25N3O. The minimum atomic E-state index is 0.284. The van der Waals surface area contributed by atoms with Crippen molar-refractivity contribution in [1.29, 1.82) is 0 Å². The summed E-state index contributed by atoms with van der Waals surface area (Å²) in [7, 11) is 1.92. The number of hydrogen-bond donors (Lipinski definition) is 1. The molecule has 1 aliphatic rings. The van der Waals surface area contributed by atoms with Gasteiger partial charge in [-0.3, -0.25) is 4.68 Å². The fourth-order valence-electron chi connectivity index (χ4n) is 3.27. The molecule has 4 heteroatoms. The Labute approximate surface area is 110 Å². The van der Waals surface area contributed by atoms with Gasteiger partial charge in [0, 0.05) is 24.9 Å². The summed E-state index contributed by atoms with van der Waals surface area (Å²) in [6.45, 7) is 7.75. The van der Waals surface area contributed by atoms with Gasteiger partial charge >= 0.3 is 0 Å². The van der Waals surface area contributed by atoms with Crippen molar-refractivity contribution in [3.8, 4) is 5.75 Å². The summed E-state index contributed by atoms with van der Waals surface area (Å²) in [5.41, 5.74) is 0.284. The molecule has 2 atom stereocenters. The van der Waals surface area contributed by atoms with E-state index >= 15 is 0 Å². The van der Waals surface area contributed by atoms with Gasteiger partial charge in [0.25, 0.3) is 0 Å². The van der Waals surface area contributed by atoms with Crippen molar-refractivity contribution in [2.45, 2.75) is 52.2 Å². The monoisotopic (exact) mass is 251 g/mol. The second kappa shape index (κ2) is 5.31. The third-order valence-electron chi connectivity index (χ3n) is 4.51. The Morgan fingerprint density at radius 2 is 2.17 bits per heavy atom. The van der Waals surface area contributed by atoms with Crippen LogP contribution >= 0.6 is 0 Å². The van der Waals surface area contributed by atoms with E-state index in [1.165, 1.54) is 0 Å². The van der Waals surface area contributed by atoms with Gasteiger partial charge < -0.3 is 10.1 Å². The van der Waals surface area contributed by atoms with Crippen LogP contribution in [0.2, 0.25) is 0 Å². The van der Waals surface area contributed by atoms with Gasteiger partial charge in [-0.05, 0) is 19.4 Å². The van der Waals surface area contributed by atoms with Crippen molar-refractivity contribution in [2.24, 2.45) is 12.5 Å². The van der Waals surface area contributed by atoms with E-state index in [0.29, 0.717) is 12.1 Å². The lowest BCUT2D eigenvalue weighted by molar-refractivity contribution is -0.0854. The molecule has 1 saturated carbocycles. The minimum Gasteiger partial charge on any atom is -0.486 e. The maximum absolute atomic E-state index is 6.12. The average molecular weight is 251 g/mol. The molecule has 0 bridgehead atoms. The van der Waals surface area contributed by atoms with Crippen LogP contribution in [-0.4, -0.2) is 28.5 Å². The van der Waals surface area contributed by atoms with Crippen LogP contribution in [0.5, 0.6) is 5.75 Å². The number of nitrogens with zero attached hydrogens (tertiary/aromatic N) is 2. The Hall–Kier alpha value is -1.03. The van der Waals surface area contributed by atoms with Crippen molar-refractivity contribution in [3.63, 3.8) is 0 Å². The first kappa shape index (κ1) is 13.4. The zero-order chi connectivity index (χ0) is 13.2. The zero-order valence-corrected chi connectivity index (χ0v) is 11.9. The molecule has 0 saturated heterocycles. The number of aromatic nitrogens is 2. The van der Waals surface area contributed by atoms with Crippen molar-refractivity contribution >= 4 is 0 Å². The normalized spacial score (nSPS) is 25.8. The lowest BCUT2D eigenvalue weighted by Gasteiger charge is -2.55. The van der Waals surface area contributed by atoms with Crippen LogP contribution in [0.15, 0.2) is 12.4 Å². The van der Waals surface area contributed by atoms with Gasteiger partial charge in [-0.25, -0.2) is 0 Å². The van der Waals surface area contributed by atoms with Crippen molar-refractivity contribution < 1.29 is 4.74 Å². The Bertz CT molecular complexity index is 384. The van der Waals surface area contributed by atoms with Crippen LogP contribution in [-0.2, 0) is 7.05 Å². The highest BCUT2D eigenvalue weighted by molar-refractivity contribution is 5.16. The predicted molar refractivity (Wildman–Crippen MR) is 72.7 cm³/mol. The second-order valence-electron chi connectivity index (χ2n) is 5.24. The Morgan fingerprint density at radius 3 is 2.67 bits per heavy atom. The van der Waals surface area contributed by atoms with Crippen LogP contribution in [0.25, 0.3) is 0 Å². The van der Waals surface area contributed by atoms with E-state index in [-0.39, 0.29) is 5.41 Å². The van der Waals surface area contributed by atoms with Gasteiger partial charge in [0.05, 0.1) is 12.4 Å². The SMILES string of the molecule is CCNC1CC(Oc2cnn(C)c2)C1(CC)CC. The van der Waals surface area contributed by atoms with E-state index in [4.69, 9.17) is 4.74 Å². The zero-order valence-electron chi connectivity index (χ0n) is 11.9. The lowest BCUT2D eigenvalue weighted by atomic mass is 9.58. The van der Waals surface area contributed by atoms with Crippen LogP contribution in [0.3, 0.4) is 0 Å². The molecule has 0 aromatic carbocycles. The summed E-state index contributed by atoms with van der Waals surface area (Å²) in [6, 6.07) is 0.596. The molecule has 1 N–H and O–H groups in total. The molecule has 18 heavy (non-hydrogen) atoms. The molecule has 102 valence electrons. The van der Waals surface area contributed by atoms with Gasteiger partial charge in [0.1, 0.15) is 6.10 Å². The topological polar surface area (TPSA) is 39.1 Å². The second-order valence-corrected chi connectivity index (χ2v) is 5.24. The van der Waals surface area contributed by atoms with Gasteiger partial charge in [-0.2, -0.15) is 5.10 Å². The third-order valence-corrected chi connectivity index (χ3v) is 4.51. The number of aryl methyl sites for hydroxylation is 1. The van der Waals surface area contributed by atoms with E-state index in [9.17, 15) is 0 Å². The lowest BCUT2D eigenvalue weighted by Crippen LogP contribution is -2.64. The smallest absolute Gasteiger partial charge is 0.157 e. The highest BCUT2D eigenvalue weighted by Gasteiger charge is 2.53. The first-order chi connectivity index (χ1) is 8.66. The first-order valence-corrected chi connectivity index (χ1v) is 7.05. The van der Waals surface area contributed by atoms with Gasteiger partial charge in [0.15, 0.2) is 5.75 Å². The molecule has 2 rings (SSSR count). The summed E-state index contributed by atoms with van der Waals surface area (Å²) in [6.07, 6.45) is 7.48. The Balaban J connectivity index is 2.05. The maximum Gasteiger partial charge on any atom is 0.157 e. The minimum absolute atomic E-state index is 0.284. The molecule has 1 fully saturated rings. The molecule has 1 aliphatic carbocycles. The van der Waals surface area contributed by atoms with Crippen LogP contribution in [0, 0.1) is 5.41 Å². The van der Waals surface area contributed by atoms with Crippen LogP contribution in [0.1, 0.15) is 40.0 Å². The van der Waals surface area contributed by atoms with Crippen LogP contribution < -0.4 is 10.1 Å². The van der Waals surface area contributed by atoms with E-state index in [2.05, 4.69) is 31.2 Å². The van der Waals surface area contributed by atoms with Crippen molar-refractivity contribution in [3.05, 3.63) is 12.4 Å². The highest BCUT2D eigenvalue weighted by Crippen LogP contribution is 2.48. The molecule has 0 radical (unpaired) electrons. The first-order valence-electron chi connectivity index (χ1n) is 7.05. The molecule has 0 spiro atoms. The molecule has 1 heterocycles. The predicted octanol–water partition coefficient (Wildman–Crippen LogP) is 2.36. The number of hydrogen-bond acceptors (Lipinski definition) is 3. The Kier molecular flexibility index (Phi) is 3.95. The summed E-state index contributed by atoms with van der Waals surface area (Å²) < 4.78 is 7.91. The van der Waals surface area contributed by atoms with E-state index in [1.54, 1.807) is 10.9 Å². The number of nitrogens with one attached hydrogen (secondary N) is 1. The molecular weight excluding hydrogens is 226 g/mol. The fourth-order valence-corrected chi connectivity index (χ4v) is 3.27. The molecule has 0 aliphatic heterocycles. The van der Waals surface area contributed by atoms with Gasteiger partial charge in [-0.15, -0.1) is 0 Å². The number of ether oxygens (including phenoxy) is 1. The van der Waals surface area contributed by atoms with E-state index < -0.39 is 0 Å². The standard InChI is InChI=1S/C14H25N3O/c1-5-14(6-2)12(15-7-3)8-13(14)18-11-9-16-17(4)10-11/h9-10,12-13,15H,5-8H2,1-4H3. The molecule has 2 unspecified atom stereocenters. The summed E-state index contributed by atoms with van der Waals surface area (Å²) in [5.74, 6) is 0.892. The molecule has 1 aromatic rings. The summed E-state index contributed by atoms with van der Waals surface area (Å²) >= 11 is 0. The maximum atomic E-state index is 6.12. The number of rotatable bonds is 6.